The SMILES string of the molecule is CN1CC2CN(c3ccc4nc(-c5c(N)ncc6c(N)nccc56)nn4c3)CC(C1)O2. The molecule has 6 rings (SSSR count). The molecule has 0 spiro atoms. The molecule has 4 N–H and O–H groups in total. The third-order valence-electron chi connectivity index (χ3n) is 6.05. The Morgan fingerprint density at radius 2 is 1.77 bits per heavy atom. The number of morpholine rings is 2. The largest absolute Gasteiger partial charge is 0.383 e. The first-order valence-electron chi connectivity index (χ1n) is 10.3. The van der Waals surface area contributed by atoms with Crippen LogP contribution >= 0.6 is 0 Å². The summed E-state index contributed by atoms with van der Waals surface area (Å²) in [5.41, 5.74) is 14.7. The van der Waals surface area contributed by atoms with Crippen LogP contribution in [-0.4, -0.2) is 74.9 Å². The van der Waals surface area contributed by atoms with Crippen molar-refractivity contribution < 1.29 is 4.74 Å². The summed E-state index contributed by atoms with van der Waals surface area (Å²) in [6, 6.07) is 5.93. The lowest BCUT2D eigenvalue weighted by molar-refractivity contribution is -0.0875. The molecule has 0 saturated carbocycles. The highest BCUT2D eigenvalue weighted by Crippen LogP contribution is 2.32. The van der Waals surface area contributed by atoms with Gasteiger partial charge in [-0.3, -0.25) is 0 Å². The second-order valence-electron chi connectivity index (χ2n) is 8.31. The third kappa shape index (κ3) is 3.03. The van der Waals surface area contributed by atoms with E-state index >= 15 is 0 Å². The Morgan fingerprint density at radius 1 is 0.968 bits per heavy atom. The Morgan fingerprint density at radius 3 is 2.58 bits per heavy atom. The van der Waals surface area contributed by atoms with Gasteiger partial charge in [-0.05, 0) is 25.2 Å². The molecule has 2 aliphatic rings. The summed E-state index contributed by atoms with van der Waals surface area (Å²) < 4.78 is 7.90. The number of pyridine rings is 3. The van der Waals surface area contributed by atoms with E-state index in [-0.39, 0.29) is 12.2 Å². The van der Waals surface area contributed by atoms with E-state index in [1.165, 1.54) is 0 Å². The predicted octanol–water partition coefficient (Wildman–Crippen LogP) is 1.02. The first kappa shape index (κ1) is 18.3. The summed E-state index contributed by atoms with van der Waals surface area (Å²) >= 11 is 0. The molecule has 2 bridgehead atoms. The summed E-state index contributed by atoms with van der Waals surface area (Å²) in [7, 11) is 2.15. The van der Waals surface area contributed by atoms with E-state index in [0.717, 1.165) is 48.3 Å². The van der Waals surface area contributed by atoms with E-state index in [1.54, 1.807) is 16.9 Å². The van der Waals surface area contributed by atoms with Gasteiger partial charge in [0.05, 0.1) is 29.7 Å². The molecule has 2 aliphatic heterocycles. The van der Waals surface area contributed by atoms with Crippen molar-refractivity contribution in [2.24, 2.45) is 0 Å². The zero-order valence-electron chi connectivity index (χ0n) is 17.1. The maximum absolute atomic E-state index is 6.21. The topological polar surface area (TPSA) is 124 Å². The van der Waals surface area contributed by atoms with Gasteiger partial charge in [0.1, 0.15) is 11.6 Å². The summed E-state index contributed by atoms with van der Waals surface area (Å²) in [6.07, 6.45) is 5.75. The van der Waals surface area contributed by atoms with E-state index in [2.05, 4.69) is 32.9 Å². The van der Waals surface area contributed by atoms with E-state index in [0.29, 0.717) is 23.0 Å². The maximum Gasteiger partial charge on any atom is 0.186 e. The smallest absolute Gasteiger partial charge is 0.186 e. The third-order valence-corrected chi connectivity index (χ3v) is 6.05. The molecule has 2 saturated heterocycles. The fourth-order valence-corrected chi connectivity index (χ4v) is 4.69. The fourth-order valence-electron chi connectivity index (χ4n) is 4.69. The van der Waals surface area contributed by atoms with E-state index in [1.807, 2.05) is 18.3 Å². The number of hydrogen-bond donors (Lipinski definition) is 2. The first-order valence-corrected chi connectivity index (χ1v) is 10.3. The molecule has 4 aromatic heterocycles. The highest BCUT2D eigenvalue weighted by Gasteiger charge is 2.33. The molecule has 2 atom stereocenters. The van der Waals surface area contributed by atoms with Crippen molar-refractivity contribution in [1.82, 2.24) is 29.5 Å². The van der Waals surface area contributed by atoms with Crippen LogP contribution in [0.15, 0.2) is 36.8 Å². The average molecular weight is 417 g/mol. The fraction of sp³-hybridized carbons (Fsp3) is 0.333. The highest BCUT2D eigenvalue weighted by molar-refractivity contribution is 6.03. The number of anilines is 3. The summed E-state index contributed by atoms with van der Waals surface area (Å²) in [5.74, 6) is 1.28. The first-order chi connectivity index (χ1) is 15.0. The van der Waals surface area contributed by atoms with Crippen LogP contribution in [0.4, 0.5) is 17.3 Å². The molecule has 158 valence electrons. The monoisotopic (exact) mass is 417 g/mol. The molecule has 0 radical (unpaired) electrons. The lowest BCUT2D eigenvalue weighted by atomic mass is 10.1. The van der Waals surface area contributed by atoms with Crippen molar-refractivity contribution in [2.75, 3.05) is 49.6 Å². The van der Waals surface area contributed by atoms with Crippen molar-refractivity contribution >= 4 is 33.7 Å². The normalized spacial score (nSPS) is 21.8. The van der Waals surface area contributed by atoms with Gasteiger partial charge in [-0.25, -0.2) is 19.5 Å². The summed E-state index contributed by atoms with van der Waals surface area (Å²) in [4.78, 5) is 17.8. The van der Waals surface area contributed by atoms with Crippen molar-refractivity contribution in [2.45, 2.75) is 12.2 Å². The minimum atomic E-state index is 0.222. The number of hydrogen-bond acceptors (Lipinski definition) is 9. The number of fused-ring (bicyclic) bond motifs is 4. The minimum absolute atomic E-state index is 0.222. The Balaban J connectivity index is 1.40. The van der Waals surface area contributed by atoms with Crippen LogP contribution in [0.1, 0.15) is 0 Å². The molecule has 10 heteroatoms. The van der Waals surface area contributed by atoms with Gasteiger partial charge < -0.3 is 26.0 Å². The Kier molecular flexibility index (Phi) is 3.99. The molecule has 31 heavy (non-hydrogen) atoms. The van der Waals surface area contributed by atoms with E-state index in [4.69, 9.17) is 26.3 Å². The van der Waals surface area contributed by atoms with Gasteiger partial charge in [0, 0.05) is 49.3 Å². The molecule has 4 aromatic rings. The molecular weight excluding hydrogens is 394 g/mol. The van der Waals surface area contributed by atoms with Gasteiger partial charge >= 0.3 is 0 Å². The maximum atomic E-state index is 6.21. The second kappa shape index (κ2) is 6.76. The summed E-state index contributed by atoms with van der Waals surface area (Å²) in [6.45, 7) is 3.63. The second-order valence-corrected chi connectivity index (χ2v) is 8.31. The van der Waals surface area contributed by atoms with Crippen LogP contribution in [0.25, 0.3) is 27.8 Å². The minimum Gasteiger partial charge on any atom is -0.383 e. The van der Waals surface area contributed by atoms with Crippen LogP contribution in [0, 0.1) is 0 Å². The number of nitrogens with two attached hydrogens (primary N) is 2. The molecule has 2 fully saturated rings. The number of aromatic nitrogens is 5. The Labute approximate surface area is 178 Å². The number of ether oxygens (including phenoxy) is 1. The Bertz CT molecular complexity index is 1280. The Hall–Kier alpha value is -3.50. The van der Waals surface area contributed by atoms with Crippen LogP contribution in [0.2, 0.25) is 0 Å². The zero-order valence-corrected chi connectivity index (χ0v) is 17.1. The van der Waals surface area contributed by atoms with Crippen LogP contribution < -0.4 is 16.4 Å². The quantitative estimate of drug-likeness (QED) is 0.492. The zero-order chi connectivity index (χ0) is 21.1. The van der Waals surface area contributed by atoms with Crippen LogP contribution in [0.3, 0.4) is 0 Å². The van der Waals surface area contributed by atoms with Gasteiger partial charge in [-0.2, -0.15) is 0 Å². The molecular formula is C21H23N9O. The number of nitrogens with zero attached hydrogens (tertiary/aromatic N) is 7. The summed E-state index contributed by atoms with van der Waals surface area (Å²) in [5, 5.41) is 6.29. The van der Waals surface area contributed by atoms with Gasteiger partial charge in [0.15, 0.2) is 11.5 Å². The number of rotatable bonds is 2. The molecule has 10 nitrogen and oxygen atoms in total. The number of likely N-dealkylation sites (N-methyl/N-ethyl adjacent to an activating group) is 1. The molecule has 0 amide bonds. The van der Waals surface area contributed by atoms with Crippen molar-refractivity contribution in [3.05, 3.63) is 36.8 Å². The molecule has 0 aromatic carbocycles. The molecule has 0 aliphatic carbocycles. The highest BCUT2D eigenvalue weighted by atomic mass is 16.5. The van der Waals surface area contributed by atoms with Crippen LogP contribution in [0.5, 0.6) is 0 Å². The molecule has 2 unspecified atom stereocenters. The standard InChI is InChI=1S/C21H23N9O/c1-28-8-13-10-29(11-14(9-28)31-13)12-2-3-17-26-21(27-30(17)7-12)18-15-4-5-24-19(22)16(15)6-25-20(18)23/h2-7,13-14H,8-11H2,1H3,(H2,22,24)(H2,23,25). The predicted molar refractivity (Wildman–Crippen MR) is 119 cm³/mol. The number of nitrogen functional groups attached to an aromatic ring is 2. The van der Waals surface area contributed by atoms with Gasteiger partial charge in [0.25, 0.3) is 0 Å². The van der Waals surface area contributed by atoms with Gasteiger partial charge in [-0.15, -0.1) is 5.10 Å². The van der Waals surface area contributed by atoms with Crippen molar-refractivity contribution in [3.8, 4) is 11.4 Å². The van der Waals surface area contributed by atoms with Gasteiger partial charge in [-0.1, -0.05) is 0 Å². The van der Waals surface area contributed by atoms with E-state index < -0.39 is 0 Å². The van der Waals surface area contributed by atoms with E-state index in [9.17, 15) is 0 Å². The molecule has 6 heterocycles. The van der Waals surface area contributed by atoms with Crippen molar-refractivity contribution in [3.63, 3.8) is 0 Å². The lowest BCUT2D eigenvalue weighted by Crippen LogP contribution is -2.58. The van der Waals surface area contributed by atoms with Crippen LogP contribution in [-0.2, 0) is 4.74 Å². The van der Waals surface area contributed by atoms with Gasteiger partial charge in [0.2, 0.25) is 0 Å². The lowest BCUT2D eigenvalue weighted by Gasteiger charge is -2.45. The average Bonchev–Trinajstić information content (AvgIpc) is 3.15. The van der Waals surface area contributed by atoms with Crippen molar-refractivity contribution in [1.29, 1.82) is 0 Å².